The largest absolute Gasteiger partial charge is 0.299 e. The van der Waals surface area contributed by atoms with E-state index in [9.17, 15) is 13.2 Å². The lowest BCUT2D eigenvalue weighted by Gasteiger charge is -2.31. The summed E-state index contributed by atoms with van der Waals surface area (Å²) >= 11 is 0. The standard InChI is InChI=1S/C15H29NO3S/c1-4-6-9-14(5-2)15(17)11-13-8-7-10-16(12-13)20(3,18)19/h13-14H,4-12H2,1-3H3. The molecule has 1 rings (SSSR count). The molecule has 0 aromatic carbocycles. The van der Waals surface area contributed by atoms with Crippen molar-refractivity contribution in [2.24, 2.45) is 11.8 Å². The fourth-order valence-corrected chi connectivity index (χ4v) is 3.93. The van der Waals surface area contributed by atoms with Gasteiger partial charge >= 0.3 is 0 Å². The van der Waals surface area contributed by atoms with Crippen molar-refractivity contribution in [1.29, 1.82) is 0 Å². The molecule has 0 aliphatic carbocycles. The normalized spacial score (nSPS) is 22.6. The van der Waals surface area contributed by atoms with Crippen molar-refractivity contribution in [2.45, 2.75) is 58.8 Å². The summed E-state index contributed by atoms with van der Waals surface area (Å²) < 4.78 is 24.7. The van der Waals surface area contributed by atoms with Crippen LogP contribution in [-0.4, -0.2) is 37.9 Å². The lowest BCUT2D eigenvalue weighted by atomic mass is 9.86. The van der Waals surface area contributed by atoms with Crippen LogP contribution in [0.15, 0.2) is 0 Å². The first-order valence-electron chi connectivity index (χ1n) is 7.86. The molecule has 0 radical (unpaired) electrons. The first-order chi connectivity index (χ1) is 9.38. The maximum Gasteiger partial charge on any atom is 0.211 e. The minimum atomic E-state index is -3.11. The third-order valence-electron chi connectivity index (χ3n) is 4.29. The molecule has 4 nitrogen and oxygen atoms in total. The second kappa shape index (κ2) is 8.13. The molecule has 1 fully saturated rings. The number of hydrogen-bond acceptors (Lipinski definition) is 3. The number of piperidine rings is 1. The van der Waals surface area contributed by atoms with E-state index in [1.165, 1.54) is 10.6 Å². The van der Waals surface area contributed by atoms with Crippen molar-refractivity contribution < 1.29 is 13.2 Å². The number of sulfonamides is 1. The van der Waals surface area contributed by atoms with E-state index < -0.39 is 10.0 Å². The molecule has 2 atom stereocenters. The van der Waals surface area contributed by atoms with Gasteiger partial charge < -0.3 is 0 Å². The Morgan fingerprint density at radius 1 is 1.35 bits per heavy atom. The number of carbonyl (C=O) groups excluding carboxylic acids is 1. The van der Waals surface area contributed by atoms with Gasteiger partial charge in [0.2, 0.25) is 10.0 Å². The minimum Gasteiger partial charge on any atom is -0.299 e. The van der Waals surface area contributed by atoms with Crippen LogP contribution < -0.4 is 0 Å². The van der Waals surface area contributed by atoms with Crippen LogP contribution in [0.2, 0.25) is 0 Å². The van der Waals surface area contributed by atoms with Crippen LogP contribution in [0.25, 0.3) is 0 Å². The maximum absolute atomic E-state index is 12.3. The molecule has 0 aromatic heterocycles. The summed E-state index contributed by atoms with van der Waals surface area (Å²) in [5, 5.41) is 0. The molecule has 0 saturated carbocycles. The van der Waals surface area contributed by atoms with Gasteiger partial charge in [0.1, 0.15) is 5.78 Å². The van der Waals surface area contributed by atoms with Gasteiger partial charge in [0, 0.05) is 25.4 Å². The van der Waals surface area contributed by atoms with Crippen LogP contribution in [0.1, 0.15) is 58.8 Å². The zero-order valence-electron chi connectivity index (χ0n) is 13.1. The summed E-state index contributed by atoms with van der Waals surface area (Å²) in [6.45, 7) is 5.34. The average Bonchev–Trinajstić information content (AvgIpc) is 2.39. The van der Waals surface area contributed by atoms with Crippen molar-refractivity contribution in [1.82, 2.24) is 4.31 Å². The molecule has 20 heavy (non-hydrogen) atoms. The van der Waals surface area contributed by atoms with Crippen LogP contribution >= 0.6 is 0 Å². The van der Waals surface area contributed by atoms with Gasteiger partial charge in [-0.05, 0) is 31.6 Å². The fraction of sp³-hybridized carbons (Fsp3) is 0.933. The van der Waals surface area contributed by atoms with Crippen molar-refractivity contribution in [3.8, 4) is 0 Å². The van der Waals surface area contributed by atoms with E-state index in [1.54, 1.807) is 0 Å². The molecular formula is C15H29NO3S. The molecule has 0 N–H and O–H groups in total. The molecule has 1 heterocycles. The Balaban J connectivity index is 2.52. The molecule has 0 amide bonds. The quantitative estimate of drug-likeness (QED) is 0.693. The van der Waals surface area contributed by atoms with Gasteiger partial charge in [-0.3, -0.25) is 4.79 Å². The summed E-state index contributed by atoms with van der Waals surface area (Å²) in [6.07, 6.45) is 7.76. The molecule has 5 heteroatoms. The predicted molar refractivity (Wildman–Crippen MR) is 82.1 cm³/mol. The Morgan fingerprint density at radius 3 is 2.60 bits per heavy atom. The highest BCUT2D eigenvalue weighted by Crippen LogP contribution is 2.25. The Labute approximate surface area is 124 Å². The van der Waals surface area contributed by atoms with E-state index in [1.807, 2.05) is 0 Å². The van der Waals surface area contributed by atoms with Crippen molar-refractivity contribution in [2.75, 3.05) is 19.3 Å². The van der Waals surface area contributed by atoms with Gasteiger partial charge in [-0.15, -0.1) is 0 Å². The van der Waals surface area contributed by atoms with E-state index in [0.717, 1.165) is 38.5 Å². The van der Waals surface area contributed by atoms with Gasteiger partial charge in [-0.25, -0.2) is 12.7 Å². The molecule has 1 saturated heterocycles. The molecule has 1 aliphatic rings. The second-order valence-electron chi connectivity index (χ2n) is 6.05. The zero-order chi connectivity index (χ0) is 15.2. The molecule has 1 aliphatic heterocycles. The molecule has 118 valence electrons. The average molecular weight is 303 g/mol. The summed E-state index contributed by atoms with van der Waals surface area (Å²) in [6, 6.07) is 0. The van der Waals surface area contributed by atoms with Crippen molar-refractivity contribution >= 4 is 15.8 Å². The molecule has 0 spiro atoms. The van der Waals surface area contributed by atoms with Crippen LogP contribution in [0.5, 0.6) is 0 Å². The summed E-state index contributed by atoms with van der Waals surface area (Å²) in [5.41, 5.74) is 0. The van der Waals surface area contributed by atoms with E-state index in [-0.39, 0.29) is 11.8 Å². The number of carbonyl (C=O) groups is 1. The monoisotopic (exact) mass is 303 g/mol. The van der Waals surface area contributed by atoms with Crippen LogP contribution in [0, 0.1) is 11.8 Å². The third kappa shape index (κ3) is 5.52. The van der Waals surface area contributed by atoms with Crippen molar-refractivity contribution in [3.05, 3.63) is 0 Å². The minimum absolute atomic E-state index is 0.170. The molecule has 0 bridgehead atoms. The van der Waals surface area contributed by atoms with E-state index >= 15 is 0 Å². The topological polar surface area (TPSA) is 54.5 Å². The van der Waals surface area contributed by atoms with Gasteiger partial charge in [0.05, 0.1) is 6.26 Å². The Bertz CT molecular complexity index is 405. The van der Waals surface area contributed by atoms with E-state index in [2.05, 4.69) is 13.8 Å². The van der Waals surface area contributed by atoms with Crippen LogP contribution in [0.4, 0.5) is 0 Å². The SMILES string of the molecule is CCCCC(CC)C(=O)CC1CCCN(S(C)(=O)=O)C1. The highest BCUT2D eigenvalue weighted by atomic mass is 32.2. The van der Waals surface area contributed by atoms with E-state index in [0.29, 0.717) is 25.3 Å². The van der Waals surface area contributed by atoms with Gasteiger partial charge in [0.15, 0.2) is 0 Å². The summed E-state index contributed by atoms with van der Waals surface area (Å²) in [5.74, 6) is 0.714. The number of ketones is 1. The zero-order valence-corrected chi connectivity index (χ0v) is 13.9. The van der Waals surface area contributed by atoms with E-state index in [4.69, 9.17) is 0 Å². The van der Waals surface area contributed by atoms with Crippen molar-refractivity contribution in [3.63, 3.8) is 0 Å². The maximum atomic E-state index is 12.3. The smallest absolute Gasteiger partial charge is 0.211 e. The molecule has 2 unspecified atom stereocenters. The highest BCUT2D eigenvalue weighted by Gasteiger charge is 2.28. The number of rotatable bonds is 8. The second-order valence-corrected chi connectivity index (χ2v) is 8.03. The fourth-order valence-electron chi connectivity index (χ4n) is 2.99. The van der Waals surface area contributed by atoms with Gasteiger partial charge in [-0.2, -0.15) is 0 Å². The van der Waals surface area contributed by atoms with Gasteiger partial charge in [0.25, 0.3) is 0 Å². The van der Waals surface area contributed by atoms with Crippen LogP contribution in [0.3, 0.4) is 0 Å². The Kier molecular flexibility index (Phi) is 7.17. The number of unbranched alkanes of at least 4 members (excludes halogenated alkanes) is 1. The summed E-state index contributed by atoms with van der Waals surface area (Å²) in [7, 11) is -3.11. The lowest BCUT2D eigenvalue weighted by molar-refractivity contribution is -0.124. The number of Topliss-reactive ketones (excluding diaryl/α,β-unsaturated/α-hetero) is 1. The Hall–Kier alpha value is -0.420. The Morgan fingerprint density at radius 2 is 2.05 bits per heavy atom. The summed E-state index contributed by atoms with van der Waals surface area (Å²) in [4.78, 5) is 12.3. The first kappa shape index (κ1) is 17.6. The molecular weight excluding hydrogens is 274 g/mol. The highest BCUT2D eigenvalue weighted by molar-refractivity contribution is 7.88. The predicted octanol–water partition coefficient (Wildman–Crippen LogP) is 2.83. The van der Waals surface area contributed by atoms with Gasteiger partial charge in [-0.1, -0.05) is 26.7 Å². The first-order valence-corrected chi connectivity index (χ1v) is 9.71. The van der Waals surface area contributed by atoms with Crippen LogP contribution in [-0.2, 0) is 14.8 Å². The number of hydrogen-bond donors (Lipinski definition) is 0. The lowest BCUT2D eigenvalue weighted by Crippen LogP contribution is -2.40. The molecule has 0 aromatic rings. The third-order valence-corrected chi connectivity index (χ3v) is 5.56. The number of nitrogens with zero attached hydrogens (tertiary/aromatic N) is 1.